The minimum atomic E-state index is -3.45. The van der Waals surface area contributed by atoms with E-state index in [-0.39, 0.29) is 17.0 Å². The first kappa shape index (κ1) is 14.8. The predicted octanol–water partition coefficient (Wildman–Crippen LogP) is 0.0836. The van der Waals surface area contributed by atoms with E-state index in [9.17, 15) is 8.42 Å². The van der Waals surface area contributed by atoms with Crippen LogP contribution in [0.25, 0.3) is 0 Å². The van der Waals surface area contributed by atoms with E-state index >= 15 is 0 Å². The molecule has 7 heteroatoms. The zero-order valence-corrected chi connectivity index (χ0v) is 11.8. The first-order valence-corrected chi connectivity index (χ1v) is 7.62. The molecule has 0 saturated heterocycles. The number of sulfonamides is 1. The maximum absolute atomic E-state index is 12.2. The summed E-state index contributed by atoms with van der Waals surface area (Å²) < 4.78 is 25.6. The molecule has 0 spiro atoms. The lowest BCUT2D eigenvalue weighted by molar-refractivity contribution is 0.0367. The largest absolute Gasteiger partial charge is 0.393 e. The Balaban J connectivity index is 2.65. The van der Waals surface area contributed by atoms with Gasteiger partial charge in [-0.1, -0.05) is 19.1 Å². The van der Waals surface area contributed by atoms with Crippen LogP contribution in [0.5, 0.6) is 0 Å². The van der Waals surface area contributed by atoms with Crippen molar-refractivity contribution in [3.05, 3.63) is 0 Å². The number of hydrogen-bond donors (Lipinski definition) is 2. The molecule has 5 nitrogen and oxygen atoms in total. The van der Waals surface area contributed by atoms with Crippen molar-refractivity contribution in [1.29, 1.82) is 0 Å². The minimum Gasteiger partial charge on any atom is -0.393 e. The highest BCUT2D eigenvalue weighted by atomic mass is 32.2. The van der Waals surface area contributed by atoms with Crippen molar-refractivity contribution in [2.75, 3.05) is 13.6 Å². The Morgan fingerprint density at radius 2 is 2.12 bits per heavy atom. The van der Waals surface area contributed by atoms with Gasteiger partial charge in [-0.2, -0.15) is 0 Å². The molecule has 100 valence electrons. The fourth-order valence-electron chi connectivity index (χ4n) is 2.09. The fourth-order valence-corrected chi connectivity index (χ4v) is 4.19. The molecule has 1 rings (SSSR count). The molecule has 0 amide bonds. The van der Waals surface area contributed by atoms with Crippen LogP contribution in [-0.2, 0) is 10.0 Å². The smallest absolute Gasteiger partial charge is 0.223 e. The summed E-state index contributed by atoms with van der Waals surface area (Å²) in [4.78, 5) is 0.0213. The maximum Gasteiger partial charge on any atom is 0.223 e. The average molecular weight is 280 g/mol. The average Bonchev–Trinajstić information content (AvgIpc) is 2.14. The van der Waals surface area contributed by atoms with Gasteiger partial charge in [-0.25, -0.2) is 12.7 Å². The van der Waals surface area contributed by atoms with Crippen LogP contribution in [0.1, 0.15) is 26.2 Å². The summed E-state index contributed by atoms with van der Waals surface area (Å²) in [7, 11) is -1.91. The highest BCUT2D eigenvalue weighted by Crippen LogP contribution is 2.28. The van der Waals surface area contributed by atoms with E-state index in [2.05, 4.69) is 0 Å². The number of hydrogen-bond acceptors (Lipinski definition) is 4. The Morgan fingerprint density at radius 3 is 2.47 bits per heavy atom. The second kappa shape index (κ2) is 5.60. The molecule has 1 aliphatic rings. The molecule has 0 aromatic rings. The molecule has 1 saturated carbocycles. The van der Waals surface area contributed by atoms with Crippen LogP contribution in [0.15, 0.2) is 0 Å². The molecule has 1 fully saturated rings. The van der Waals surface area contributed by atoms with Gasteiger partial charge in [0.05, 0.1) is 11.1 Å². The number of thiocarbonyl (C=S) groups is 1. The van der Waals surface area contributed by atoms with Gasteiger partial charge in [0.15, 0.2) is 0 Å². The van der Waals surface area contributed by atoms with Crippen molar-refractivity contribution in [3.63, 3.8) is 0 Å². The van der Waals surface area contributed by atoms with Crippen molar-refractivity contribution in [3.8, 4) is 0 Å². The SMILES string of the molecule is CCC(C(N)=S)S(=O)(=O)N(C)CC1CC(O)C1. The Morgan fingerprint density at radius 1 is 1.59 bits per heavy atom. The second-order valence-electron chi connectivity index (χ2n) is 4.62. The normalized spacial score (nSPS) is 26.6. The van der Waals surface area contributed by atoms with Crippen molar-refractivity contribution in [1.82, 2.24) is 4.31 Å². The van der Waals surface area contributed by atoms with Gasteiger partial charge in [0.25, 0.3) is 0 Å². The number of nitrogens with two attached hydrogens (primary N) is 1. The van der Waals surface area contributed by atoms with Crippen LogP contribution < -0.4 is 5.73 Å². The Bertz CT molecular complexity index is 377. The van der Waals surface area contributed by atoms with Crippen LogP contribution in [0.4, 0.5) is 0 Å². The van der Waals surface area contributed by atoms with Gasteiger partial charge in [0.2, 0.25) is 10.0 Å². The third-order valence-corrected chi connectivity index (χ3v) is 5.97. The van der Waals surface area contributed by atoms with E-state index in [0.29, 0.717) is 25.8 Å². The van der Waals surface area contributed by atoms with Crippen LogP contribution in [0.3, 0.4) is 0 Å². The standard InChI is InChI=1S/C10H20N2O3S2/c1-3-9(10(11)16)17(14,15)12(2)6-7-4-8(13)5-7/h7-9,13H,3-6H2,1-2H3,(H2,11,16). The van der Waals surface area contributed by atoms with Crippen molar-refractivity contribution >= 4 is 27.2 Å². The summed E-state index contributed by atoms with van der Waals surface area (Å²) in [5, 5.41) is 8.38. The Labute approximate surface area is 108 Å². The molecular weight excluding hydrogens is 260 g/mol. The third kappa shape index (κ3) is 3.37. The molecule has 0 aliphatic heterocycles. The summed E-state index contributed by atoms with van der Waals surface area (Å²) in [6.07, 6.45) is 1.46. The van der Waals surface area contributed by atoms with Gasteiger partial charge in [-0.15, -0.1) is 0 Å². The van der Waals surface area contributed by atoms with Crippen LogP contribution in [-0.4, -0.2) is 47.8 Å². The fraction of sp³-hybridized carbons (Fsp3) is 0.900. The maximum atomic E-state index is 12.2. The number of aliphatic hydroxyl groups excluding tert-OH is 1. The van der Waals surface area contributed by atoms with E-state index in [1.54, 1.807) is 14.0 Å². The molecule has 0 aromatic heterocycles. The highest BCUT2D eigenvalue weighted by Gasteiger charge is 2.35. The van der Waals surface area contributed by atoms with Gasteiger partial charge in [-0.3, -0.25) is 0 Å². The summed E-state index contributed by atoms with van der Waals surface area (Å²) in [5.41, 5.74) is 5.46. The molecule has 17 heavy (non-hydrogen) atoms. The quantitative estimate of drug-likeness (QED) is 0.673. The van der Waals surface area contributed by atoms with E-state index < -0.39 is 15.3 Å². The van der Waals surface area contributed by atoms with Crippen LogP contribution in [0.2, 0.25) is 0 Å². The Kier molecular flexibility index (Phi) is 4.88. The molecule has 0 radical (unpaired) electrons. The highest BCUT2D eigenvalue weighted by molar-refractivity contribution is 7.92. The number of rotatable bonds is 6. The number of aliphatic hydroxyl groups is 1. The molecule has 0 aromatic carbocycles. The van der Waals surface area contributed by atoms with Crippen molar-refractivity contribution in [2.45, 2.75) is 37.5 Å². The predicted molar refractivity (Wildman–Crippen MR) is 71.1 cm³/mol. The molecule has 1 unspecified atom stereocenters. The topological polar surface area (TPSA) is 83.6 Å². The lowest BCUT2D eigenvalue weighted by Gasteiger charge is -2.35. The summed E-state index contributed by atoms with van der Waals surface area (Å²) >= 11 is 4.79. The Hall–Kier alpha value is -0.240. The van der Waals surface area contributed by atoms with Crippen LogP contribution in [0, 0.1) is 5.92 Å². The van der Waals surface area contributed by atoms with Gasteiger partial charge in [-0.05, 0) is 25.2 Å². The molecule has 1 aliphatic carbocycles. The molecule has 0 bridgehead atoms. The number of nitrogens with zero attached hydrogens (tertiary/aromatic N) is 1. The van der Waals surface area contributed by atoms with Gasteiger partial charge in [0, 0.05) is 13.6 Å². The lowest BCUT2D eigenvalue weighted by Crippen LogP contribution is -2.46. The van der Waals surface area contributed by atoms with Crippen molar-refractivity contribution in [2.24, 2.45) is 11.7 Å². The molecule has 1 atom stereocenters. The molecular formula is C10H20N2O3S2. The van der Waals surface area contributed by atoms with E-state index in [1.807, 2.05) is 0 Å². The van der Waals surface area contributed by atoms with Crippen molar-refractivity contribution < 1.29 is 13.5 Å². The van der Waals surface area contributed by atoms with E-state index in [1.165, 1.54) is 4.31 Å². The second-order valence-corrected chi connectivity index (χ2v) is 7.31. The first-order chi connectivity index (χ1) is 7.78. The van der Waals surface area contributed by atoms with E-state index in [4.69, 9.17) is 23.1 Å². The van der Waals surface area contributed by atoms with E-state index in [0.717, 1.165) is 0 Å². The van der Waals surface area contributed by atoms with Crippen LogP contribution >= 0.6 is 12.2 Å². The van der Waals surface area contributed by atoms with Gasteiger partial charge < -0.3 is 10.8 Å². The first-order valence-electron chi connectivity index (χ1n) is 5.71. The summed E-state index contributed by atoms with van der Waals surface area (Å²) in [6.45, 7) is 2.18. The van der Waals surface area contributed by atoms with Gasteiger partial charge >= 0.3 is 0 Å². The molecule has 3 N–H and O–H groups in total. The molecule has 0 heterocycles. The summed E-state index contributed by atoms with van der Waals surface area (Å²) in [6, 6.07) is 0. The monoisotopic (exact) mass is 280 g/mol. The summed E-state index contributed by atoms with van der Waals surface area (Å²) in [5.74, 6) is 0.244. The van der Waals surface area contributed by atoms with Gasteiger partial charge in [0.1, 0.15) is 5.25 Å². The lowest BCUT2D eigenvalue weighted by atomic mass is 9.82. The third-order valence-electron chi connectivity index (χ3n) is 3.21. The zero-order chi connectivity index (χ0) is 13.2. The minimum absolute atomic E-state index is 0.0213. The zero-order valence-electron chi connectivity index (χ0n) is 10.2.